The molecular formula is C19H27FN2O3. The van der Waals surface area contributed by atoms with Crippen molar-refractivity contribution in [1.82, 2.24) is 9.80 Å². The summed E-state index contributed by atoms with van der Waals surface area (Å²) in [5.74, 6) is -0.318. The fourth-order valence-corrected chi connectivity index (χ4v) is 3.71. The van der Waals surface area contributed by atoms with Crippen LogP contribution in [0.15, 0.2) is 24.3 Å². The molecule has 3 rings (SSSR count). The molecule has 1 aromatic rings. The molecule has 25 heavy (non-hydrogen) atoms. The fraction of sp³-hybridized carbons (Fsp3) is 0.632. The minimum Gasteiger partial charge on any atom is -0.377 e. The van der Waals surface area contributed by atoms with Crippen LogP contribution in [0.1, 0.15) is 18.4 Å². The Morgan fingerprint density at radius 1 is 1.44 bits per heavy atom. The van der Waals surface area contributed by atoms with Gasteiger partial charge in [-0.2, -0.15) is 0 Å². The van der Waals surface area contributed by atoms with Crippen LogP contribution in [0.4, 0.5) is 4.39 Å². The largest absolute Gasteiger partial charge is 0.377 e. The van der Waals surface area contributed by atoms with Gasteiger partial charge in [0.2, 0.25) is 5.91 Å². The first-order chi connectivity index (χ1) is 12.0. The molecule has 0 radical (unpaired) electrons. The lowest BCUT2D eigenvalue weighted by atomic mass is 9.99. The first-order valence-electron chi connectivity index (χ1n) is 8.88. The molecule has 2 saturated heterocycles. The van der Waals surface area contributed by atoms with E-state index in [2.05, 4.69) is 4.90 Å². The van der Waals surface area contributed by atoms with Crippen molar-refractivity contribution in [2.75, 3.05) is 46.9 Å². The predicted molar refractivity (Wildman–Crippen MR) is 92.9 cm³/mol. The second kappa shape index (κ2) is 7.81. The van der Waals surface area contributed by atoms with Gasteiger partial charge in [0, 0.05) is 13.1 Å². The van der Waals surface area contributed by atoms with Crippen LogP contribution in [-0.4, -0.2) is 74.4 Å². The van der Waals surface area contributed by atoms with Crippen LogP contribution >= 0.6 is 0 Å². The molecule has 0 unspecified atom stereocenters. The van der Waals surface area contributed by atoms with Crippen molar-refractivity contribution in [3.05, 3.63) is 35.6 Å². The number of benzene rings is 1. The Hall–Kier alpha value is -1.50. The highest BCUT2D eigenvalue weighted by Crippen LogP contribution is 2.33. The van der Waals surface area contributed by atoms with Crippen LogP contribution in [0.5, 0.6) is 0 Å². The molecule has 6 heteroatoms. The number of likely N-dealkylation sites (N-methyl/N-ethyl adjacent to an activating group) is 1. The molecule has 5 nitrogen and oxygen atoms in total. The Kier molecular flexibility index (Phi) is 5.71. The first kappa shape index (κ1) is 18.3. The monoisotopic (exact) mass is 350 g/mol. The SMILES string of the molecule is CN(C)C[C@@H]1CC[C@]2(COCCN(C(=O)Cc3cccc(F)c3)C2)O1. The van der Waals surface area contributed by atoms with E-state index >= 15 is 0 Å². The van der Waals surface area contributed by atoms with Crippen molar-refractivity contribution < 1.29 is 18.7 Å². The minimum absolute atomic E-state index is 0.00451. The zero-order valence-corrected chi connectivity index (χ0v) is 15.0. The van der Waals surface area contributed by atoms with E-state index in [4.69, 9.17) is 9.47 Å². The summed E-state index contributed by atoms with van der Waals surface area (Å²) in [5, 5.41) is 0. The first-order valence-corrected chi connectivity index (χ1v) is 8.88. The molecule has 0 N–H and O–H groups in total. The van der Waals surface area contributed by atoms with E-state index in [9.17, 15) is 9.18 Å². The van der Waals surface area contributed by atoms with Gasteiger partial charge in [-0.05, 0) is 44.6 Å². The minimum atomic E-state index is -0.408. The summed E-state index contributed by atoms with van der Waals surface area (Å²) in [4.78, 5) is 16.6. The normalized spacial score (nSPS) is 27.0. The second-order valence-corrected chi connectivity index (χ2v) is 7.40. The smallest absolute Gasteiger partial charge is 0.227 e. The Balaban J connectivity index is 1.64. The summed E-state index contributed by atoms with van der Waals surface area (Å²) in [6, 6.07) is 6.22. The molecule has 0 bridgehead atoms. The van der Waals surface area contributed by atoms with E-state index in [1.807, 2.05) is 19.0 Å². The van der Waals surface area contributed by atoms with Crippen molar-refractivity contribution in [1.29, 1.82) is 0 Å². The van der Waals surface area contributed by atoms with E-state index in [0.29, 0.717) is 31.9 Å². The zero-order chi connectivity index (χ0) is 17.9. The maximum atomic E-state index is 13.3. The topological polar surface area (TPSA) is 42.0 Å². The second-order valence-electron chi connectivity index (χ2n) is 7.40. The molecule has 1 spiro atoms. The van der Waals surface area contributed by atoms with E-state index in [1.165, 1.54) is 12.1 Å². The van der Waals surface area contributed by atoms with Gasteiger partial charge < -0.3 is 19.3 Å². The Labute approximate surface area is 148 Å². The van der Waals surface area contributed by atoms with E-state index in [-0.39, 0.29) is 24.2 Å². The standard InChI is InChI=1S/C19H27FN2O3/c1-21(2)12-17-6-7-19(25-17)13-22(8-9-24-14-19)18(23)11-15-4-3-5-16(20)10-15/h3-5,10,17H,6-9,11-14H2,1-2H3/t17-,19-/m0/s1. The summed E-state index contributed by atoms with van der Waals surface area (Å²) in [7, 11) is 4.07. The molecule has 138 valence electrons. The summed E-state index contributed by atoms with van der Waals surface area (Å²) in [5.41, 5.74) is 0.288. The van der Waals surface area contributed by atoms with Gasteiger partial charge in [-0.25, -0.2) is 4.39 Å². The van der Waals surface area contributed by atoms with E-state index in [0.717, 1.165) is 19.4 Å². The van der Waals surface area contributed by atoms with Gasteiger partial charge in [0.25, 0.3) is 0 Å². The van der Waals surface area contributed by atoms with Crippen LogP contribution in [-0.2, 0) is 20.7 Å². The van der Waals surface area contributed by atoms with Gasteiger partial charge in [-0.15, -0.1) is 0 Å². The molecule has 2 aliphatic heterocycles. The molecule has 2 atom stereocenters. The third-order valence-corrected chi connectivity index (χ3v) is 4.85. The molecule has 1 aromatic carbocycles. The number of hydrogen-bond donors (Lipinski definition) is 0. The number of carbonyl (C=O) groups is 1. The van der Waals surface area contributed by atoms with Crippen molar-refractivity contribution >= 4 is 5.91 Å². The average Bonchev–Trinajstić information content (AvgIpc) is 2.79. The maximum absolute atomic E-state index is 13.3. The number of amides is 1. The molecule has 2 heterocycles. The van der Waals surface area contributed by atoms with E-state index < -0.39 is 5.60 Å². The van der Waals surface area contributed by atoms with E-state index in [1.54, 1.807) is 12.1 Å². The van der Waals surface area contributed by atoms with Gasteiger partial charge in [0.1, 0.15) is 11.4 Å². The maximum Gasteiger partial charge on any atom is 0.227 e. The third-order valence-electron chi connectivity index (χ3n) is 4.85. The average molecular weight is 350 g/mol. The number of nitrogens with zero attached hydrogens (tertiary/aromatic N) is 2. The van der Waals surface area contributed by atoms with Crippen molar-refractivity contribution in [2.45, 2.75) is 31.0 Å². The lowest BCUT2D eigenvalue weighted by Gasteiger charge is -2.32. The number of ether oxygens (including phenoxy) is 2. The molecule has 0 aliphatic carbocycles. The summed E-state index contributed by atoms with van der Waals surface area (Å²) < 4.78 is 25.4. The fourth-order valence-electron chi connectivity index (χ4n) is 3.71. The van der Waals surface area contributed by atoms with Crippen LogP contribution in [0.2, 0.25) is 0 Å². The molecule has 0 aromatic heterocycles. The van der Waals surface area contributed by atoms with Crippen molar-refractivity contribution in [2.24, 2.45) is 0 Å². The number of rotatable bonds is 4. The summed E-state index contributed by atoms with van der Waals surface area (Å²) >= 11 is 0. The van der Waals surface area contributed by atoms with Gasteiger partial charge in [0.15, 0.2) is 0 Å². The summed E-state index contributed by atoms with van der Waals surface area (Å²) in [6.45, 7) is 3.01. The molecular weight excluding hydrogens is 323 g/mol. The number of hydrogen-bond acceptors (Lipinski definition) is 4. The molecule has 2 aliphatic rings. The lowest BCUT2D eigenvalue weighted by molar-refractivity contribution is -0.135. The Morgan fingerprint density at radius 2 is 2.28 bits per heavy atom. The van der Waals surface area contributed by atoms with Crippen LogP contribution < -0.4 is 0 Å². The van der Waals surface area contributed by atoms with Gasteiger partial charge in [-0.1, -0.05) is 12.1 Å². The molecule has 1 amide bonds. The van der Waals surface area contributed by atoms with Crippen LogP contribution in [0, 0.1) is 5.82 Å². The number of carbonyl (C=O) groups excluding carboxylic acids is 1. The van der Waals surface area contributed by atoms with Crippen LogP contribution in [0.3, 0.4) is 0 Å². The highest BCUT2D eigenvalue weighted by Gasteiger charge is 2.43. The third kappa shape index (κ3) is 4.77. The van der Waals surface area contributed by atoms with Crippen molar-refractivity contribution in [3.8, 4) is 0 Å². The quantitative estimate of drug-likeness (QED) is 0.829. The molecule has 2 fully saturated rings. The zero-order valence-electron chi connectivity index (χ0n) is 15.0. The predicted octanol–water partition coefficient (Wildman–Crippen LogP) is 1.71. The van der Waals surface area contributed by atoms with Gasteiger partial charge in [0.05, 0.1) is 32.3 Å². The Bertz CT molecular complexity index is 610. The highest BCUT2D eigenvalue weighted by molar-refractivity contribution is 5.79. The van der Waals surface area contributed by atoms with Gasteiger partial charge >= 0.3 is 0 Å². The highest BCUT2D eigenvalue weighted by atomic mass is 19.1. The van der Waals surface area contributed by atoms with Gasteiger partial charge in [-0.3, -0.25) is 4.79 Å². The lowest BCUT2D eigenvalue weighted by Crippen LogP contribution is -2.47. The summed E-state index contributed by atoms with van der Waals surface area (Å²) in [6.07, 6.45) is 2.26. The number of halogens is 1. The Morgan fingerprint density at radius 3 is 3.04 bits per heavy atom. The van der Waals surface area contributed by atoms with Crippen LogP contribution in [0.25, 0.3) is 0 Å². The molecule has 0 saturated carbocycles. The van der Waals surface area contributed by atoms with Crippen molar-refractivity contribution in [3.63, 3.8) is 0 Å².